The molecule has 0 bridgehead atoms. The van der Waals surface area contributed by atoms with Crippen molar-refractivity contribution in [1.82, 2.24) is 9.97 Å². The fraction of sp³-hybridized carbons (Fsp3) is 0.231. The number of aromatic nitrogens is 2. The van der Waals surface area contributed by atoms with E-state index in [1.165, 1.54) is 6.33 Å². The van der Waals surface area contributed by atoms with Gasteiger partial charge in [-0.3, -0.25) is 0 Å². The molecular weight excluding hydrogens is 307 g/mol. The highest BCUT2D eigenvalue weighted by molar-refractivity contribution is 6.31. The van der Waals surface area contributed by atoms with Gasteiger partial charge in [0.15, 0.2) is 0 Å². The molecule has 0 N–H and O–H groups in total. The SMILES string of the molecule is Cc1cc(Cl)cc(C)c1Oc1ncnc(Cl)c1CCl. The van der Waals surface area contributed by atoms with Crippen molar-refractivity contribution in [2.75, 3.05) is 0 Å². The third-order valence-electron chi connectivity index (χ3n) is 2.61. The zero-order valence-corrected chi connectivity index (χ0v) is 12.6. The van der Waals surface area contributed by atoms with Gasteiger partial charge in [-0.25, -0.2) is 9.97 Å². The summed E-state index contributed by atoms with van der Waals surface area (Å²) in [4.78, 5) is 7.96. The van der Waals surface area contributed by atoms with Crippen LogP contribution in [0.25, 0.3) is 0 Å². The Balaban J connectivity index is 2.45. The smallest absolute Gasteiger partial charge is 0.228 e. The third-order valence-corrected chi connectivity index (χ3v) is 3.42. The zero-order valence-electron chi connectivity index (χ0n) is 10.4. The molecule has 6 heteroatoms. The Kier molecular flexibility index (Phi) is 4.50. The average Bonchev–Trinajstić information content (AvgIpc) is 2.34. The molecule has 1 aromatic heterocycles. The summed E-state index contributed by atoms with van der Waals surface area (Å²) in [6, 6.07) is 3.65. The highest BCUT2D eigenvalue weighted by atomic mass is 35.5. The van der Waals surface area contributed by atoms with Crippen LogP contribution < -0.4 is 4.74 Å². The van der Waals surface area contributed by atoms with Crippen LogP contribution in [0, 0.1) is 13.8 Å². The van der Waals surface area contributed by atoms with Crippen LogP contribution in [0.5, 0.6) is 11.6 Å². The van der Waals surface area contributed by atoms with Crippen molar-refractivity contribution in [3.63, 3.8) is 0 Å². The molecule has 2 rings (SSSR count). The highest BCUT2D eigenvalue weighted by Gasteiger charge is 2.14. The number of halogens is 3. The van der Waals surface area contributed by atoms with E-state index in [9.17, 15) is 0 Å². The lowest BCUT2D eigenvalue weighted by atomic mass is 10.1. The van der Waals surface area contributed by atoms with E-state index in [0.29, 0.717) is 27.4 Å². The molecule has 0 aliphatic carbocycles. The molecule has 0 radical (unpaired) electrons. The van der Waals surface area contributed by atoms with Gasteiger partial charge in [0.1, 0.15) is 17.2 Å². The van der Waals surface area contributed by atoms with Gasteiger partial charge in [-0.1, -0.05) is 23.2 Å². The maximum Gasteiger partial charge on any atom is 0.228 e. The minimum atomic E-state index is 0.181. The second-order valence-corrected chi connectivity index (χ2v) is 5.11. The summed E-state index contributed by atoms with van der Waals surface area (Å²) in [5.41, 5.74) is 2.40. The Labute approximate surface area is 126 Å². The van der Waals surface area contributed by atoms with Gasteiger partial charge in [-0.2, -0.15) is 0 Å². The molecule has 0 saturated carbocycles. The second kappa shape index (κ2) is 5.95. The van der Waals surface area contributed by atoms with Crippen molar-refractivity contribution >= 4 is 34.8 Å². The van der Waals surface area contributed by atoms with E-state index < -0.39 is 0 Å². The van der Waals surface area contributed by atoms with E-state index in [-0.39, 0.29) is 5.88 Å². The highest BCUT2D eigenvalue weighted by Crippen LogP contribution is 2.33. The van der Waals surface area contributed by atoms with Crippen LogP contribution in [0.3, 0.4) is 0 Å². The molecular formula is C13H11Cl3N2O. The van der Waals surface area contributed by atoms with Crippen molar-refractivity contribution in [1.29, 1.82) is 0 Å². The fourth-order valence-corrected chi connectivity index (χ4v) is 2.56. The van der Waals surface area contributed by atoms with Gasteiger partial charge >= 0.3 is 0 Å². The predicted octanol–water partition coefficient (Wildman–Crippen LogP) is 4.93. The molecule has 0 aliphatic heterocycles. The number of hydrogen-bond acceptors (Lipinski definition) is 3. The predicted molar refractivity (Wildman–Crippen MR) is 77.6 cm³/mol. The summed E-state index contributed by atoms with van der Waals surface area (Å²) in [6.07, 6.45) is 1.34. The Morgan fingerprint density at radius 1 is 1.11 bits per heavy atom. The first-order valence-electron chi connectivity index (χ1n) is 5.53. The molecule has 0 aliphatic rings. The summed E-state index contributed by atoms with van der Waals surface area (Å²) in [6.45, 7) is 3.83. The molecule has 1 aromatic carbocycles. The van der Waals surface area contributed by atoms with E-state index in [0.717, 1.165) is 11.1 Å². The van der Waals surface area contributed by atoms with Crippen LogP contribution >= 0.6 is 34.8 Å². The van der Waals surface area contributed by atoms with E-state index in [1.807, 2.05) is 26.0 Å². The Bertz CT molecular complexity index is 594. The van der Waals surface area contributed by atoms with Crippen LogP contribution in [-0.4, -0.2) is 9.97 Å². The quantitative estimate of drug-likeness (QED) is 0.594. The van der Waals surface area contributed by atoms with E-state index >= 15 is 0 Å². The van der Waals surface area contributed by atoms with Crippen LogP contribution in [0.2, 0.25) is 10.2 Å². The van der Waals surface area contributed by atoms with E-state index in [2.05, 4.69) is 9.97 Å². The van der Waals surface area contributed by atoms with Crippen molar-refractivity contribution in [3.8, 4) is 11.6 Å². The minimum Gasteiger partial charge on any atom is -0.438 e. The van der Waals surface area contributed by atoms with Crippen molar-refractivity contribution < 1.29 is 4.74 Å². The van der Waals surface area contributed by atoms with Gasteiger partial charge in [-0.15, -0.1) is 11.6 Å². The first-order valence-corrected chi connectivity index (χ1v) is 6.82. The fourth-order valence-electron chi connectivity index (χ4n) is 1.73. The van der Waals surface area contributed by atoms with Crippen molar-refractivity contribution in [3.05, 3.63) is 45.3 Å². The number of benzene rings is 1. The van der Waals surface area contributed by atoms with Gasteiger partial charge < -0.3 is 4.74 Å². The lowest BCUT2D eigenvalue weighted by Crippen LogP contribution is -1.98. The molecule has 100 valence electrons. The van der Waals surface area contributed by atoms with E-state index in [4.69, 9.17) is 39.5 Å². The van der Waals surface area contributed by atoms with Gasteiger partial charge in [0.25, 0.3) is 0 Å². The molecule has 19 heavy (non-hydrogen) atoms. The number of aryl methyl sites for hydroxylation is 2. The van der Waals surface area contributed by atoms with Crippen molar-refractivity contribution in [2.45, 2.75) is 19.7 Å². The van der Waals surface area contributed by atoms with Gasteiger partial charge in [0.05, 0.1) is 11.4 Å². The first-order chi connectivity index (χ1) is 9.02. The first kappa shape index (κ1) is 14.4. The van der Waals surface area contributed by atoms with Crippen LogP contribution in [-0.2, 0) is 5.88 Å². The molecule has 0 unspecified atom stereocenters. The number of hydrogen-bond donors (Lipinski definition) is 0. The second-order valence-electron chi connectivity index (χ2n) is 4.05. The Hall–Kier alpha value is -1.03. The van der Waals surface area contributed by atoms with E-state index in [1.54, 1.807) is 0 Å². The molecule has 0 atom stereocenters. The number of rotatable bonds is 3. The summed E-state index contributed by atoms with van der Waals surface area (Å²) in [7, 11) is 0. The maximum absolute atomic E-state index is 5.99. The summed E-state index contributed by atoms with van der Waals surface area (Å²) < 4.78 is 5.82. The summed E-state index contributed by atoms with van der Waals surface area (Å²) >= 11 is 17.8. The maximum atomic E-state index is 5.99. The molecule has 0 amide bonds. The zero-order chi connectivity index (χ0) is 14.0. The molecule has 2 aromatic rings. The van der Waals surface area contributed by atoms with Crippen LogP contribution in [0.15, 0.2) is 18.5 Å². The standard InChI is InChI=1S/C13H11Cl3N2O/c1-7-3-9(15)4-8(2)11(7)19-13-10(5-14)12(16)17-6-18-13/h3-4,6H,5H2,1-2H3. The molecule has 0 saturated heterocycles. The minimum absolute atomic E-state index is 0.181. The average molecular weight is 318 g/mol. The third kappa shape index (κ3) is 3.11. The van der Waals surface area contributed by atoms with Gasteiger partial charge in [0.2, 0.25) is 5.88 Å². The molecule has 0 spiro atoms. The topological polar surface area (TPSA) is 35.0 Å². The Morgan fingerprint density at radius 3 is 2.32 bits per heavy atom. The Morgan fingerprint density at radius 2 is 1.74 bits per heavy atom. The number of alkyl halides is 1. The summed E-state index contributed by atoms with van der Waals surface area (Å²) in [5, 5.41) is 0.963. The van der Waals surface area contributed by atoms with Gasteiger partial charge in [-0.05, 0) is 37.1 Å². The largest absolute Gasteiger partial charge is 0.438 e. The lowest BCUT2D eigenvalue weighted by Gasteiger charge is -2.13. The summed E-state index contributed by atoms with van der Waals surface area (Å²) in [5.74, 6) is 1.25. The van der Waals surface area contributed by atoms with Crippen LogP contribution in [0.1, 0.15) is 16.7 Å². The number of nitrogens with zero attached hydrogens (tertiary/aromatic N) is 2. The number of ether oxygens (including phenoxy) is 1. The van der Waals surface area contributed by atoms with Gasteiger partial charge in [0, 0.05) is 5.02 Å². The lowest BCUT2D eigenvalue weighted by molar-refractivity contribution is 0.450. The molecule has 0 fully saturated rings. The van der Waals surface area contributed by atoms with Crippen LogP contribution in [0.4, 0.5) is 0 Å². The molecule has 3 nitrogen and oxygen atoms in total. The van der Waals surface area contributed by atoms with Crippen molar-refractivity contribution in [2.24, 2.45) is 0 Å². The monoisotopic (exact) mass is 316 g/mol. The molecule has 1 heterocycles. The normalized spacial score (nSPS) is 10.6.